The number of aliphatic carboxylic acids is 1. The highest BCUT2D eigenvalue weighted by Gasteiger charge is 2.56. The van der Waals surface area contributed by atoms with E-state index in [0.717, 1.165) is 27.9 Å². The van der Waals surface area contributed by atoms with E-state index in [1.54, 1.807) is 13.8 Å². The molecule has 2 aromatic rings. The Morgan fingerprint density at radius 3 is 2.05 bits per heavy atom. The average molecular weight is 620 g/mol. The monoisotopic (exact) mass is 619 g/mol. The Kier molecular flexibility index (Phi) is 8.30. The van der Waals surface area contributed by atoms with Gasteiger partial charge in [-0.05, 0) is 62.5 Å². The SMILES string of the molecule is CCC(C)(C)CN(CC(=O)c1c(Cl)cc(F)cc1Cl)C(=O)c1cnn(C23CCC(C(=O)O)(CC2)CC3)c1C(F)(F)F. The Bertz CT molecular complexity index is 1340. The van der Waals surface area contributed by atoms with E-state index in [0.29, 0.717) is 6.42 Å². The van der Waals surface area contributed by atoms with Gasteiger partial charge in [0, 0.05) is 6.54 Å². The minimum Gasteiger partial charge on any atom is -0.481 e. The smallest absolute Gasteiger partial charge is 0.433 e. The van der Waals surface area contributed by atoms with Gasteiger partial charge in [-0.2, -0.15) is 18.3 Å². The molecular weight excluding hydrogens is 589 g/mol. The molecule has 0 unspecified atom stereocenters. The summed E-state index contributed by atoms with van der Waals surface area (Å²) in [6.45, 7) is 4.74. The zero-order valence-corrected chi connectivity index (χ0v) is 24.4. The molecule has 3 fully saturated rings. The Morgan fingerprint density at radius 1 is 1.05 bits per heavy atom. The number of amides is 1. The van der Waals surface area contributed by atoms with Crippen LogP contribution in [0.1, 0.15) is 92.1 Å². The molecule has 0 radical (unpaired) electrons. The number of hydrogen-bond acceptors (Lipinski definition) is 4. The second-order valence-corrected chi connectivity index (χ2v) is 12.8. The number of nitrogens with zero attached hydrogens (tertiary/aromatic N) is 3. The van der Waals surface area contributed by atoms with E-state index in [1.165, 1.54) is 0 Å². The van der Waals surface area contributed by atoms with Gasteiger partial charge in [-0.25, -0.2) is 4.39 Å². The standard InChI is InChI=1S/C28H31Cl2F4N3O4/c1-4-25(2,3)15-36(14-20(38)21-18(29)11-16(31)12-19(21)30)23(39)17-13-35-37(22(17)28(32,33)34)27-8-5-26(6-9-27,7-10-27)24(40)41/h11-13H,4-10,14-15H2,1-3H3,(H,40,41). The average Bonchev–Trinajstić information content (AvgIpc) is 3.35. The van der Waals surface area contributed by atoms with Crippen LogP contribution in [0.25, 0.3) is 0 Å². The predicted octanol–water partition coefficient (Wildman–Crippen LogP) is 7.24. The predicted molar refractivity (Wildman–Crippen MR) is 144 cm³/mol. The molecule has 5 rings (SSSR count). The van der Waals surface area contributed by atoms with E-state index in [2.05, 4.69) is 5.10 Å². The lowest BCUT2D eigenvalue weighted by Crippen LogP contribution is -2.52. The van der Waals surface area contributed by atoms with Crippen LogP contribution in [0.5, 0.6) is 0 Å². The molecular formula is C28H31Cl2F4N3O4. The number of fused-ring (bicyclic) bond motifs is 3. The van der Waals surface area contributed by atoms with Crippen molar-refractivity contribution < 1.29 is 37.1 Å². The van der Waals surface area contributed by atoms with Crippen LogP contribution < -0.4 is 0 Å². The molecule has 0 atom stereocenters. The quantitative estimate of drug-likeness (QED) is 0.236. The third-order valence-electron chi connectivity index (χ3n) is 8.86. The van der Waals surface area contributed by atoms with Crippen LogP contribution in [0.4, 0.5) is 17.6 Å². The summed E-state index contributed by atoms with van der Waals surface area (Å²) in [7, 11) is 0. The second-order valence-electron chi connectivity index (χ2n) is 12.0. The highest BCUT2D eigenvalue weighted by atomic mass is 35.5. The van der Waals surface area contributed by atoms with Crippen molar-refractivity contribution in [1.82, 2.24) is 14.7 Å². The number of carboxylic acids is 1. The van der Waals surface area contributed by atoms with Crippen molar-refractivity contribution in [1.29, 1.82) is 0 Å². The highest BCUT2D eigenvalue weighted by molar-refractivity contribution is 6.40. The van der Waals surface area contributed by atoms with Gasteiger partial charge in [-0.1, -0.05) is 44.0 Å². The zero-order chi connectivity index (χ0) is 30.5. The molecule has 3 aliphatic carbocycles. The van der Waals surface area contributed by atoms with Gasteiger partial charge in [0.25, 0.3) is 5.91 Å². The number of halogens is 6. The van der Waals surface area contributed by atoms with Gasteiger partial charge in [0.15, 0.2) is 11.5 Å². The molecule has 3 saturated carbocycles. The van der Waals surface area contributed by atoms with E-state index in [4.69, 9.17) is 23.2 Å². The van der Waals surface area contributed by atoms with Crippen LogP contribution in [0.3, 0.4) is 0 Å². The first-order valence-electron chi connectivity index (χ1n) is 13.3. The molecule has 2 bridgehead atoms. The lowest BCUT2D eigenvalue weighted by atomic mass is 9.57. The number of rotatable bonds is 9. The van der Waals surface area contributed by atoms with Crippen molar-refractivity contribution in [2.75, 3.05) is 13.1 Å². The van der Waals surface area contributed by atoms with Crippen molar-refractivity contribution in [2.24, 2.45) is 10.8 Å². The van der Waals surface area contributed by atoms with Crippen LogP contribution >= 0.6 is 23.2 Å². The summed E-state index contributed by atoms with van der Waals surface area (Å²) in [4.78, 5) is 40.0. The third-order valence-corrected chi connectivity index (χ3v) is 9.46. The number of carbonyl (C=O) groups is 3. The lowest BCUT2D eigenvalue weighted by Gasteiger charge is -2.51. The number of benzene rings is 1. The number of ketones is 1. The molecule has 1 heterocycles. The number of alkyl halides is 3. The second kappa shape index (κ2) is 10.9. The Hall–Kier alpha value is -2.66. The molecule has 224 valence electrons. The molecule has 1 aromatic carbocycles. The van der Waals surface area contributed by atoms with Crippen LogP contribution in [-0.4, -0.2) is 50.5 Å². The van der Waals surface area contributed by atoms with E-state index in [-0.39, 0.29) is 60.7 Å². The number of Topliss-reactive ketones (excluding diaryl/α,β-unsaturated/α-hetero) is 1. The van der Waals surface area contributed by atoms with Gasteiger partial charge in [0.05, 0.1) is 44.9 Å². The van der Waals surface area contributed by atoms with E-state index >= 15 is 0 Å². The van der Waals surface area contributed by atoms with Crippen molar-refractivity contribution in [3.05, 3.63) is 51.0 Å². The maximum absolute atomic E-state index is 14.7. The number of carboxylic acid groups (broad SMARTS) is 1. The molecule has 1 N–H and O–H groups in total. The minimum absolute atomic E-state index is 0.0702. The summed E-state index contributed by atoms with van der Waals surface area (Å²) in [5, 5.41) is 13.2. The first-order valence-corrected chi connectivity index (χ1v) is 14.1. The van der Waals surface area contributed by atoms with Gasteiger partial charge in [-0.3, -0.25) is 19.1 Å². The highest BCUT2D eigenvalue weighted by Crippen LogP contribution is 2.56. The van der Waals surface area contributed by atoms with E-state index in [1.807, 2.05) is 6.92 Å². The lowest BCUT2D eigenvalue weighted by molar-refractivity contribution is -0.163. The molecule has 7 nitrogen and oxygen atoms in total. The van der Waals surface area contributed by atoms with Gasteiger partial charge in [-0.15, -0.1) is 0 Å². The van der Waals surface area contributed by atoms with Crippen molar-refractivity contribution in [3.63, 3.8) is 0 Å². The molecule has 3 aliphatic rings. The maximum atomic E-state index is 14.7. The molecule has 0 spiro atoms. The summed E-state index contributed by atoms with van der Waals surface area (Å²) >= 11 is 12.1. The molecule has 13 heteroatoms. The number of aromatic nitrogens is 2. The largest absolute Gasteiger partial charge is 0.481 e. The summed E-state index contributed by atoms with van der Waals surface area (Å²) in [5.74, 6) is -3.53. The van der Waals surface area contributed by atoms with Crippen LogP contribution in [0.15, 0.2) is 18.3 Å². The normalized spacial score (nSPS) is 22.6. The van der Waals surface area contributed by atoms with E-state index in [9.17, 15) is 37.1 Å². The first-order chi connectivity index (χ1) is 19.0. The fourth-order valence-electron chi connectivity index (χ4n) is 6.00. The summed E-state index contributed by atoms with van der Waals surface area (Å²) in [5.41, 5.74) is -4.76. The number of carbonyl (C=O) groups excluding carboxylic acids is 2. The molecule has 1 aromatic heterocycles. The van der Waals surface area contributed by atoms with Crippen molar-refractivity contribution in [3.8, 4) is 0 Å². The summed E-state index contributed by atoms with van der Waals surface area (Å²) < 4.78 is 58.5. The molecule has 0 saturated heterocycles. The fraction of sp³-hybridized carbons (Fsp3) is 0.571. The third kappa shape index (κ3) is 5.84. The first kappa shape index (κ1) is 31.3. The molecule has 0 aliphatic heterocycles. The zero-order valence-electron chi connectivity index (χ0n) is 22.9. The molecule has 41 heavy (non-hydrogen) atoms. The van der Waals surface area contributed by atoms with Crippen molar-refractivity contribution >= 4 is 40.9 Å². The molecule has 1 amide bonds. The minimum atomic E-state index is -4.96. The fourth-order valence-corrected chi connectivity index (χ4v) is 6.67. The van der Waals surface area contributed by atoms with Gasteiger partial charge >= 0.3 is 12.1 Å². The van der Waals surface area contributed by atoms with Crippen LogP contribution in [-0.2, 0) is 16.5 Å². The van der Waals surface area contributed by atoms with Crippen LogP contribution in [0.2, 0.25) is 10.0 Å². The number of hydrogen-bond donors (Lipinski definition) is 1. The summed E-state index contributed by atoms with van der Waals surface area (Å²) in [6, 6.07) is 1.78. The van der Waals surface area contributed by atoms with Crippen LogP contribution in [0, 0.1) is 16.6 Å². The van der Waals surface area contributed by atoms with Crippen molar-refractivity contribution in [2.45, 2.75) is 77.4 Å². The Morgan fingerprint density at radius 2 is 1.59 bits per heavy atom. The van der Waals surface area contributed by atoms with Gasteiger partial charge < -0.3 is 10.0 Å². The van der Waals surface area contributed by atoms with E-state index < -0.39 is 63.8 Å². The van der Waals surface area contributed by atoms with Gasteiger partial charge in [0.1, 0.15) is 5.82 Å². The maximum Gasteiger partial charge on any atom is 0.433 e. The Balaban J connectivity index is 1.74. The Labute approximate surface area is 244 Å². The topological polar surface area (TPSA) is 92.5 Å². The summed E-state index contributed by atoms with van der Waals surface area (Å²) in [6.07, 6.45) is -2.34. The van der Waals surface area contributed by atoms with Gasteiger partial charge in [0.2, 0.25) is 0 Å².